The van der Waals surface area contributed by atoms with E-state index in [1.54, 1.807) is 0 Å². The van der Waals surface area contributed by atoms with Gasteiger partial charge in [-0.3, -0.25) is 4.79 Å². The van der Waals surface area contributed by atoms with Gasteiger partial charge < -0.3 is 4.98 Å². The fourth-order valence-electron chi connectivity index (χ4n) is 1.65. The van der Waals surface area contributed by atoms with Gasteiger partial charge in [-0.25, -0.2) is 4.98 Å². The second-order valence-corrected chi connectivity index (χ2v) is 4.58. The Morgan fingerprint density at radius 2 is 2.00 bits per heavy atom. The van der Waals surface area contributed by atoms with Crippen LogP contribution in [0.1, 0.15) is 19.2 Å². The van der Waals surface area contributed by atoms with Crippen molar-refractivity contribution >= 4 is 15.9 Å². The molecule has 88 valence electrons. The number of hydrogen-bond donors (Lipinski definition) is 1. The van der Waals surface area contributed by atoms with E-state index in [0.29, 0.717) is 10.2 Å². The highest BCUT2D eigenvalue weighted by atomic mass is 79.9. The lowest BCUT2D eigenvalue weighted by molar-refractivity contribution is 0.825. The molecule has 0 radical (unpaired) electrons. The number of halogens is 1. The average molecular weight is 293 g/mol. The second-order valence-electron chi connectivity index (χ2n) is 3.79. The fourth-order valence-corrected chi connectivity index (χ4v) is 2.06. The molecule has 0 saturated heterocycles. The Morgan fingerprint density at radius 1 is 1.29 bits per heavy atom. The first kappa shape index (κ1) is 12.0. The normalized spacial score (nSPS) is 10.5. The number of nitrogens with one attached hydrogen (secondary N) is 1. The molecule has 0 aliphatic rings. The number of aryl methyl sites for hydroxylation is 1. The van der Waals surface area contributed by atoms with Gasteiger partial charge in [0.05, 0.1) is 5.69 Å². The van der Waals surface area contributed by atoms with Gasteiger partial charge in [-0.15, -0.1) is 0 Å². The summed E-state index contributed by atoms with van der Waals surface area (Å²) in [7, 11) is 0. The zero-order chi connectivity index (χ0) is 12.3. The molecule has 0 saturated carbocycles. The van der Waals surface area contributed by atoms with Crippen molar-refractivity contribution < 1.29 is 0 Å². The summed E-state index contributed by atoms with van der Waals surface area (Å²) >= 11 is 3.30. The summed E-state index contributed by atoms with van der Waals surface area (Å²) in [5.74, 6) is 0.736. The van der Waals surface area contributed by atoms with E-state index in [4.69, 9.17) is 0 Å². The lowest BCUT2D eigenvalue weighted by atomic mass is 10.1. The summed E-state index contributed by atoms with van der Waals surface area (Å²) in [5, 5.41) is 0. The number of nitrogens with zero attached hydrogens (tertiary/aromatic N) is 1. The van der Waals surface area contributed by atoms with Crippen molar-refractivity contribution in [3.8, 4) is 11.3 Å². The van der Waals surface area contributed by atoms with Crippen LogP contribution in [0.3, 0.4) is 0 Å². The van der Waals surface area contributed by atoms with E-state index < -0.39 is 0 Å². The molecule has 3 nitrogen and oxygen atoms in total. The van der Waals surface area contributed by atoms with E-state index >= 15 is 0 Å². The molecule has 17 heavy (non-hydrogen) atoms. The molecule has 2 rings (SSSR count). The standard InChI is InChI=1S/C13H13BrN2O/c1-2-6-10-15-12(11(14)13(17)16-10)9-7-4-3-5-8-9/h3-5,7-8H,2,6H2,1H3,(H,15,16,17). The molecule has 0 bridgehead atoms. The van der Waals surface area contributed by atoms with Gasteiger partial charge in [-0.2, -0.15) is 0 Å². The van der Waals surface area contributed by atoms with Crippen molar-refractivity contribution in [2.45, 2.75) is 19.8 Å². The van der Waals surface area contributed by atoms with E-state index in [1.807, 2.05) is 30.3 Å². The Morgan fingerprint density at radius 3 is 2.65 bits per heavy atom. The van der Waals surface area contributed by atoms with E-state index in [-0.39, 0.29) is 5.56 Å². The molecule has 1 heterocycles. The lowest BCUT2D eigenvalue weighted by Gasteiger charge is -2.06. The number of H-pyrrole nitrogens is 1. The van der Waals surface area contributed by atoms with Gasteiger partial charge in [0.2, 0.25) is 0 Å². The van der Waals surface area contributed by atoms with Gasteiger partial charge in [-0.05, 0) is 22.4 Å². The average Bonchev–Trinajstić information content (AvgIpc) is 2.35. The second kappa shape index (κ2) is 5.27. The molecule has 0 amide bonds. The number of rotatable bonds is 3. The molecule has 0 spiro atoms. The number of benzene rings is 1. The minimum Gasteiger partial charge on any atom is -0.310 e. The van der Waals surface area contributed by atoms with Crippen molar-refractivity contribution in [3.05, 3.63) is 51.0 Å². The zero-order valence-corrected chi connectivity index (χ0v) is 11.1. The highest BCUT2D eigenvalue weighted by molar-refractivity contribution is 9.10. The smallest absolute Gasteiger partial charge is 0.265 e. The van der Waals surface area contributed by atoms with E-state index in [0.717, 1.165) is 24.2 Å². The first-order valence-corrected chi connectivity index (χ1v) is 6.35. The minimum atomic E-state index is -0.123. The summed E-state index contributed by atoms with van der Waals surface area (Å²) in [6, 6.07) is 9.70. The van der Waals surface area contributed by atoms with Gasteiger partial charge in [0.15, 0.2) is 0 Å². The van der Waals surface area contributed by atoms with Crippen LogP contribution in [0.15, 0.2) is 39.6 Å². The number of aromatic nitrogens is 2. The number of hydrogen-bond acceptors (Lipinski definition) is 2. The predicted molar refractivity (Wildman–Crippen MR) is 72.0 cm³/mol. The Hall–Kier alpha value is -1.42. The molecule has 0 aliphatic heterocycles. The van der Waals surface area contributed by atoms with Crippen molar-refractivity contribution in [2.24, 2.45) is 0 Å². The zero-order valence-electron chi connectivity index (χ0n) is 9.53. The molecule has 0 atom stereocenters. The third kappa shape index (κ3) is 2.64. The summed E-state index contributed by atoms with van der Waals surface area (Å²) in [6.07, 6.45) is 1.74. The quantitative estimate of drug-likeness (QED) is 0.945. The molecular weight excluding hydrogens is 280 g/mol. The van der Waals surface area contributed by atoms with Crippen LogP contribution in [0.2, 0.25) is 0 Å². The summed E-state index contributed by atoms with van der Waals surface area (Å²) in [5.41, 5.74) is 1.53. The maximum atomic E-state index is 11.8. The monoisotopic (exact) mass is 292 g/mol. The Labute approximate surface area is 108 Å². The molecule has 1 N–H and O–H groups in total. The van der Waals surface area contributed by atoms with Crippen LogP contribution in [0, 0.1) is 0 Å². The Balaban J connectivity index is 2.57. The molecule has 2 aromatic rings. The third-order valence-corrected chi connectivity index (χ3v) is 3.18. The molecule has 0 aliphatic carbocycles. The van der Waals surface area contributed by atoms with Crippen LogP contribution in [-0.4, -0.2) is 9.97 Å². The van der Waals surface area contributed by atoms with Gasteiger partial charge >= 0.3 is 0 Å². The maximum Gasteiger partial charge on any atom is 0.265 e. The topological polar surface area (TPSA) is 45.8 Å². The van der Waals surface area contributed by atoms with Crippen LogP contribution in [0.4, 0.5) is 0 Å². The van der Waals surface area contributed by atoms with Crippen LogP contribution < -0.4 is 5.56 Å². The summed E-state index contributed by atoms with van der Waals surface area (Å²) < 4.78 is 0.489. The molecule has 1 aromatic heterocycles. The molecule has 4 heteroatoms. The molecular formula is C13H13BrN2O. The molecule has 1 aromatic carbocycles. The Bertz CT molecular complexity index is 563. The number of aromatic amines is 1. The van der Waals surface area contributed by atoms with E-state index in [1.165, 1.54) is 0 Å². The van der Waals surface area contributed by atoms with Gasteiger partial charge in [0.25, 0.3) is 5.56 Å². The first-order chi connectivity index (χ1) is 8.22. The van der Waals surface area contributed by atoms with Gasteiger partial charge in [0, 0.05) is 12.0 Å². The van der Waals surface area contributed by atoms with Crippen molar-refractivity contribution in [2.75, 3.05) is 0 Å². The molecule has 0 unspecified atom stereocenters. The van der Waals surface area contributed by atoms with Crippen LogP contribution >= 0.6 is 15.9 Å². The van der Waals surface area contributed by atoms with Crippen LogP contribution in [-0.2, 0) is 6.42 Å². The van der Waals surface area contributed by atoms with Gasteiger partial charge in [0.1, 0.15) is 10.3 Å². The van der Waals surface area contributed by atoms with Crippen molar-refractivity contribution in [1.29, 1.82) is 0 Å². The highest BCUT2D eigenvalue weighted by Gasteiger charge is 2.10. The van der Waals surface area contributed by atoms with Crippen LogP contribution in [0.5, 0.6) is 0 Å². The SMILES string of the molecule is CCCc1nc(-c2ccccc2)c(Br)c(=O)[nH]1. The van der Waals surface area contributed by atoms with Crippen molar-refractivity contribution in [1.82, 2.24) is 9.97 Å². The third-order valence-electron chi connectivity index (χ3n) is 2.45. The summed E-state index contributed by atoms with van der Waals surface area (Å²) in [6.45, 7) is 2.06. The first-order valence-electron chi connectivity index (χ1n) is 5.56. The van der Waals surface area contributed by atoms with Gasteiger partial charge in [-0.1, -0.05) is 37.3 Å². The lowest BCUT2D eigenvalue weighted by Crippen LogP contribution is -2.13. The van der Waals surface area contributed by atoms with Crippen LogP contribution in [0.25, 0.3) is 11.3 Å². The van der Waals surface area contributed by atoms with Crippen molar-refractivity contribution in [3.63, 3.8) is 0 Å². The predicted octanol–water partition coefficient (Wildman–Crippen LogP) is 3.15. The largest absolute Gasteiger partial charge is 0.310 e. The summed E-state index contributed by atoms with van der Waals surface area (Å²) in [4.78, 5) is 19.0. The highest BCUT2D eigenvalue weighted by Crippen LogP contribution is 2.22. The van der Waals surface area contributed by atoms with E-state index in [2.05, 4.69) is 32.8 Å². The van der Waals surface area contributed by atoms with E-state index in [9.17, 15) is 4.79 Å². The Kier molecular flexibility index (Phi) is 3.74. The molecule has 0 fully saturated rings. The minimum absolute atomic E-state index is 0.123. The maximum absolute atomic E-state index is 11.8. The fraction of sp³-hybridized carbons (Fsp3) is 0.231.